The molecule has 16 heavy (non-hydrogen) atoms. The zero-order valence-corrected chi connectivity index (χ0v) is 11.3. The van der Waals surface area contributed by atoms with Crippen LogP contribution in [0.1, 0.15) is 39.9 Å². The van der Waals surface area contributed by atoms with E-state index in [2.05, 4.69) is 48.0 Å². The van der Waals surface area contributed by atoms with Gasteiger partial charge in [0.05, 0.1) is 6.04 Å². The maximum Gasteiger partial charge on any atom is 0.210 e. The molecule has 0 saturated heterocycles. The van der Waals surface area contributed by atoms with E-state index in [0.717, 1.165) is 29.6 Å². The Morgan fingerprint density at radius 3 is 2.81 bits per heavy atom. The minimum Gasteiger partial charge on any atom is -0.318 e. The van der Waals surface area contributed by atoms with E-state index in [0.29, 0.717) is 6.04 Å². The van der Waals surface area contributed by atoms with Crippen molar-refractivity contribution in [2.24, 2.45) is 5.41 Å². The molecule has 0 amide bonds. The lowest BCUT2D eigenvalue weighted by molar-refractivity contribution is 0.335. The SMILES string of the molecule is CCCc1nnc2n1NC(C(C)(C)C)CS2. The quantitative estimate of drug-likeness (QED) is 0.861. The number of thioether (sulfide) groups is 1. The Hall–Kier alpha value is -0.710. The third kappa shape index (κ3) is 2.19. The van der Waals surface area contributed by atoms with Gasteiger partial charge in [0, 0.05) is 12.2 Å². The fraction of sp³-hybridized carbons (Fsp3) is 0.818. The highest BCUT2D eigenvalue weighted by Crippen LogP contribution is 2.30. The minimum atomic E-state index is 0.262. The Balaban J connectivity index is 2.21. The van der Waals surface area contributed by atoms with E-state index in [1.54, 1.807) is 11.8 Å². The molecule has 0 bridgehead atoms. The summed E-state index contributed by atoms with van der Waals surface area (Å²) in [6.45, 7) is 8.96. The van der Waals surface area contributed by atoms with Gasteiger partial charge in [-0.1, -0.05) is 39.5 Å². The van der Waals surface area contributed by atoms with Crippen molar-refractivity contribution in [1.29, 1.82) is 0 Å². The van der Waals surface area contributed by atoms with Crippen LogP contribution in [0, 0.1) is 5.41 Å². The standard InChI is InChI=1S/C11H20N4S/c1-5-6-9-12-13-10-15(9)14-8(7-16-10)11(2,3)4/h8,14H,5-7H2,1-4H3. The molecule has 0 fully saturated rings. The summed E-state index contributed by atoms with van der Waals surface area (Å²) in [5, 5.41) is 9.44. The summed E-state index contributed by atoms with van der Waals surface area (Å²) in [7, 11) is 0. The van der Waals surface area contributed by atoms with E-state index in [1.807, 2.05) is 0 Å². The van der Waals surface area contributed by atoms with Gasteiger partial charge in [0.15, 0.2) is 5.82 Å². The summed E-state index contributed by atoms with van der Waals surface area (Å²) < 4.78 is 2.08. The fourth-order valence-corrected chi connectivity index (χ4v) is 2.98. The largest absolute Gasteiger partial charge is 0.318 e. The number of rotatable bonds is 2. The third-order valence-electron chi connectivity index (χ3n) is 2.88. The summed E-state index contributed by atoms with van der Waals surface area (Å²) in [5.74, 6) is 2.12. The van der Waals surface area contributed by atoms with Crippen molar-refractivity contribution in [3.8, 4) is 0 Å². The van der Waals surface area contributed by atoms with Gasteiger partial charge in [0.25, 0.3) is 0 Å². The normalized spacial score (nSPS) is 20.4. The Morgan fingerprint density at radius 2 is 2.19 bits per heavy atom. The maximum absolute atomic E-state index is 4.23. The molecule has 0 aromatic carbocycles. The summed E-state index contributed by atoms with van der Waals surface area (Å²) in [6, 6.07) is 0.469. The predicted octanol–water partition coefficient (Wildman–Crippen LogP) is 2.29. The smallest absolute Gasteiger partial charge is 0.210 e. The Labute approximate surface area is 101 Å². The first-order valence-corrected chi connectivity index (χ1v) is 6.84. The number of nitrogens with zero attached hydrogens (tertiary/aromatic N) is 3. The second-order valence-electron chi connectivity index (χ2n) is 5.34. The molecule has 2 heterocycles. The molecular formula is C11H20N4S. The molecule has 90 valence electrons. The average molecular weight is 240 g/mol. The van der Waals surface area contributed by atoms with Gasteiger partial charge in [-0.3, -0.25) is 0 Å². The second kappa shape index (κ2) is 4.28. The highest BCUT2D eigenvalue weighted by Gasteiger charge is 2.30. The fourth-order valence-electron chi connectivity index (χ4n) is 1.70. The molecule has 5 heteroatoms. The molecule has 1 atom stereocenters. The van der Waals surface area contributed by atoms with Crippen LogP contribution >= 0.6 is 11.8 Å². The lowest BCUT2D eigenvalue weighted by Gasteiger charge is -2.35. The zero-order valence-electron chi connectivity index (χ0n) is 10.4. The maximum atomic E-state index is 4.23. The molecule has 1 N–H and O–H groups in total. The van der Waals surface area contributed by atoms with Crippen LogP contribution in [0.25, 0.3) is 0 Å². The summed E-state index contributed by atoms with van der Waals surface area (Å²) in [5.41, 5.74) is 3.80. The van der Waals surface area contributed by atoms with E-state index < -0.39 is 0 Å². The van der Waals surface area contributed by atoms with E-state index in [9.17, 15) is 0 Å². The van der Waals surface area contributed by atoms with Gasteiger partial charge in [-0.05, 0) is 11.8 Å². The van der Waals surface area contributed by atoms with Crippen LogP contribution < -0.4 is 5.43 Å². The minimum absolute atomic E-state index is 0.262. The third-order valence-corrected chi connectivity index (χ3v) is 3.91. The van der Waals surface area contributed by atoms with Crippen LogP contribution in [-0.4, -0.2) is 26.7 Å². The molecule has 2 rings (SSSR count). The lowest BCUT2D eigenvalue weighted by atomic mass is 9.88. The topological polar surface area (TPSA) is 42.7 Å². The predicted molar refractivity (Wildman–Crippen MR) is 67.3 cm³/mol. The number of aromatic nitrogens is 3. The van der Waals surface area contributed by atoms with Gasteiger partial charge in [0.2, 0.25) is 5.16 Å². The summed E-state index contributed by atoms with van der Waals surface area (Å²) in [4.78, 5) is 0. The van der Waals surface area contributed by atoms with Gasteiger partial charge in [0.1, 0.15) is 0 Å². The number of aryl methyl sites for hydroxylation is 1. The molecule has 0 spiro atoms. The van der Waals surface area contributed by atoms with Gasteiger partial charge in [-0.2, -0.15) is 0 Å². The van der Waals surface area contributed by atoms with Gasteiger partial charge in [-0.15, -0.1) is 10.2 Å². The highest BCUT2D eigenvalue weighted by atomic mass is 32.2. The summed E-state index contributed by atoms with van der Waals surface area (Å²) >= 11 is 1.80. The van der Waals surface area contributed by atoms with Crippen LogP contribution in [-0.2, 0) is 6.42 Å². The van der Waals surface area contributed by atoms with E-state index in [-0.39, 0.29) is 5.41 Å². The van der Waals surface area contributed by atoms with Crippen molar-refractivity contribution >= 4 is 11.8 Å². The van der Waals surface area contributed by atoms with Crippen LogP contribution in [0.15, 0.2) is 5.16 Å². The van der Waals surface area contributed by atoms with Gasteiger partial charge >= 0.3 is 0 Å². The average Bonchev–Trinajstić information content (AvgIpc) is 2.60. The number of hydrogen-bond acceptors (Lipinski definition) is 4. The molecule has 0 saturated carbocycles. The van der Waals surface area contributed by atoms with Crippen LogP contribution in [0.2, 0.25) is 0 Å². The van der Waals surface area contributed by atoms with Crippen LogP contribution in [0.5, 0.6) is 0 Å². The van der Waals surface area contributed by atoms with Crippen molar-refractivity contribution in [3.63, 3.8) is 0 Å². The highest BCUT2D eigenvalue weighted by molar-refractivity contribution is 7.99. The van der Waals surface area contributed by atoms with Gasteiger partial charge in [-0.25, -0.2) is 4.68 Å². The van der Waals surface area contributed by atoms with E-state index in [1.165, 1.54) is 0 Å². The molecule has 4 nitrogen and oxygen atoms in total. The Kier molecular flexibility index (Phi) is 3.15. The molecule has 1 unspecified atom stereocenters. The zero-order chi connectivity index (χ0) is 11.8. The Bertz CT molecular complexity index is 367. The van der Waals surface area contributed by atoms with Crippen molar-refractivity contribution in [1.82, 2.24) is 14.9 Å². The van der Waals surface area contributed by atoms with Crippen LogP contribution in [0.3, 0.4) is 0 Å². The number of nitrogens with one attached hydrogen (secondary N) is 1. The van der Waals surface area contributed by atoms with E-state index >= 15 is 0 Å². The van der Waals surface area contributed by atoms with Crippen molar-refractivity contribution < 1.29 is 0 Å². The van der Waals surface area contributed by atoms with Crippen molar-refractivity contribution in [2.45, 2.75) is 51.7 Å². The molecular weight excluding hydrogens is 220 g/mol. The molecule has 1 aliphatic rings. The van der Waals surface area contributed by atoms with Gasteiger partial charge < -0.3 is 5.43 Å². The lowest BCUT2D eigenvalue weighted by Crippen LogP contribution is -2.44. The molecule has 0 aliphatic carbocycles. The van der Waals surface area contributed by atoms with Crippen molar-refractivity contribution in [2.75, 3.05) is 11.2 Å². The molecule has 1 aliphatic heterocycles. The van der Waals surface area contributed by atoms with Crippen molar-refractivity contribution in [3.05, 3.63) is 5.82 Å². The summed E-state index contributed by atoms with van der Waals surface area (Å²) in [6.07, 6.45) is 2.09. The van der Waals surface area contributed by atoms with E-state index in [4.69, 9.17) is 0 Å². The Morgan fingerprint density at radius 1 is 1.44 bits per heavy atom. The first kappa shape index (κ1) is 11.8. The molecule has 1 aromatic heterocycles. The first-order valence-electron chi connectivity index (χ1n) is 5.86. The molecule has 0 radical (unpaired) electrons. The van der Waals surface area contributed by atoms with Crippen LogP contribution in [0.4, 0.5) is 0 Å². The molecule has 1 aromatic rings. The second-order valence-corrected chi connectivity index (χ2v) is 6.33. The monoisotopic (exact) mass is 240 g/mol. The first-order chi connectivity index (χ1) is 7.52. The number of hydrogen-bond donors (Lipinski definition) is 1. The number of fused-ring (bicyclic) bond motifs is 1.